The number of nitrogens with one attached hydrogen (secondary N) is 1. The quantitative estimate of drug-likeness (QED) is 0.776. The van der Waals surface area contributed by atoms with Gasteiger partial charge in [-0.3, -0.25) is 10.1 Å². The second-order valence-electron chi connectivity index (χ2n) is 4.83. The maximum absolute atomic E-state index is 11.8. The number of rotatable bonds is 6. The summed E-state index contributed by atoms with van der Waals surface area (Å²) in [6.45, 7) is 5.96. The first kappa shape index (κ1) is 15.5. The molecule has 0 radical (unpaired) electrons. The maximum Gasteiger partial charge on any atom is 0.323 e. The molecule has 0 aliphatic rings. The molecule has 3 atom stereocenters. The van der Waals surface area contributed by atoms with Crippen LogP contribution in [0.4, 0.5) is 0 Å². The molecule has 4 heteroatoms. The van der Waals surface area contributed by atoms with Gasteiger partial charge in [-0.25, -0.2) is 0 Å². The number of phenols is 1. The number of hydrogen-bond acceptors (Lipinski definition) is 4. The van der Waals surface area contributed by atoms with Gasteiger partial charge in [-0.05, 0) is 18.9 Å². The minimum atomic E-state index is -0.371. The van der Waals surface area contributed by atoms with Gasteiger partial charge < -0.3 is 9.84 Å². The van der Waals surface area contributed by atoms with Crippen LogP contribution in [-0.2, 0) is 9.53 Å². The lowest BCUT2D eigenvalue weighted by molar-refractivity contribution is -0.144. The first-order valence-corrected chi connectivity index (χ1v) is 6.63. The van der Waals surface area contributed by atoms with E-state index in [2.05, 4.69) is 5.32 Å². The molecule has 0 aromatic heterocycles. The number of esters is 1. The van der Waals surface area contributed by atoms with Crippen molar-refractivity contribution in [2.75, 3.05) is 7.11 Å². The predicted molar refractivity (Wildman–Crippen MR) is 74.9 cm³/mol. The number of hydrogen-bond donors (Lipinski definition) is 2. The fraction of sp³-hybridized carbons (Fsp3) is 0.533. The van der Waals surface area contributed by atoms with Gasteiger partial charge in [0.15, 0.2) is 0 Å². The summed E-state index contributed by atoms with van der Waals surface area (Å²) in [4.78, 5) is 11.8. The largest absolute Gasteiger partial charge is 0.508 e. The van der Waals surface area contributed by atoms with Crippen LogP contribution in [0.25, 0.3) is 0 Å². The van der Waals surface area contributed by atoms with E-state index in [-0.39, 0.29) is 29.7 Å². The Balaban J connectivity index is 2.85. The molecule has 0 heterocycles. The minimum Gasteiger partial charge on any atom is -0.508 e. The highest BCUT2D eigenvalue weighted by atomic mass is 16.5. The summed E-state index contributed by atoms with van der Waals surface area (Å²) < 4.78 is 4.84. The molecule has 0 aliphatic heterocycles. The van der Waals surface area contributed by atoms with Gasteiger partial charge in [0.2, 0.25) is 0 Å². The molecule has 0 aliphatic carbocycles. The van der Waals surface area contributed by atoms with Gasteiger partial charge in [0, 0.05) is 11.6 Å². The van der Waals surface area contributed by atoms with Crippen LogP contribution in [0, 0.1) is 5.92 Å². The smallest absolute Gasteiger partial charge is 0.323 e. The van der Waals surface area contributed by atoms with Crippen LogP contribution in [0.1, 0.15) is 38.8 Å². The number of phenolic OH excluding ortho intramolecular Hbond substituents is 1. The standard InChI is InChI=1S/C15H23NO3/c1-5-10(2)14(15(18)19-4)16-11(3)12-8-6-7-9-13(12)17/h6-11,14,16-17H,5H2,1-4H3. The Labute approximate surface area is 114 Å². The number of carbonyl (C=O) groups is 1. The van der Waals surface area contributed by atoms with Gasteiger partial charge in [0.1, 0.15) is 11.8 Å². The maximum atomic E-state index is 11.8. The van der Waals surface area contributed by atoms with Crippen molar-refractivity contribution in [3.05, 3.63) is 29.8 Å². The SMILES string of the molecule is CCC(C)C(NC(C)c1ccccc1O)C(=O)OC. The Morgan fingerprint density at radius 2 is 2.00 bits per heavy atom. The highest BCUT2D eigenvalue weighted by molar-refractivity contribution is 5.76. The van der Waals surface area contributed by atoms with Gasteiger partial charge in [-0.2, -0.15) is 0 Å². The van der Waals surface area contributed by atoms with Crippen molar-refractivity contribution in [3.63, 3.8) is 0 Å². The fourth-order valence-corrected chi connectivity index (χ4v) is 2.04. The highest BCUT2D eigenvalue weighted by Gasteiger charge is 2.27. The van der Waals surface area contributed by atoms with E-state index in [0.717, 1.165) is 12.0 Å². The molecule has 0 amide bonds. The summed E-state index contributed by atoms with van der Waals surface area (Å²) in [5.74, 6) is 0.132. The summed E-state index contributed by atoms with van der Waals surface area (Å²) in [5.41, 5.74) is 0.778. The van der Waals surface area contributed by atoms with Crippen LogP contribution < -0.4 is 5.32 Å². The van der Waals surface area contributed by atoms with Crippen LogP contribution in [0.2, 0.25) is 0 Å². The molecule has 4 nitrogen and oxygen atoms in total. The Kier molecular flexibility index (Phi) is 5.83. The van der Waals surface area contributed by atoms with Gasteiger partial charge >= 0.3 is 5.97 Å². The van der Waals surface area contributed by atoms with Crippen LogP contribution in [-0.4, -0.2) is 24.2 Å². The van der Waals surface area contributed by atoms with Crippen LogP contribution >= 0.6 is 0 Å². The average molecular weight is 265 g/mol. The second-order valence-corrected chi connectivity index (χ2v) is 4.83. The lowest BCUT2D eigenvalue weighted by Crippen LogP contribution is -2.43. The van der Waals surface area contributed by atoms with E-state index in [1.807, 2.05) is 32.9 Å². The Morgan fingerprint density at radius 1 is 1.37 bits per heavy atom. The van der Waals surface area contributed by atoms with Crippen molar-refractivity contribution in [1.29, 1.82) is 0 Å². The monoisotopic (exact) mass is 265 g/mol. The van der Waals surface area contributed by atoms with E-state index in [1.54, 1.807) is 12.1 Å². The summed E-state index contributed by atoms with van der Waals surface area (Å²) in [6, 6.07) is 6.63. The molecule has 106 valence electrons. The third-order valence-electron chi connectivity index (χ3n) is 3.50. The molecule has 19 heavy (non-hydrogen) atoms. The van der Waals surface area contributed by atoms with Crippen molar-refractivity contribution < 1.29 is 14.6 Å². The summed E-state index contributed by atoms with van der Waals surface area (Å²) in [6.07, 6.45) is 0.875. The van der Waals surface area contributed by atoms with Crippen molar-refractivity contribution in [1.82, 2.24) is 5.32 Å². The van der Waals surface area contributed by atoms with Crippen LogP contribution in [0.15, 0.2) is 24.3 Å². The molecule has 0 saturated heterocycles. The average Bonchev–Trinajstić information content (AvgIpc) is 2.43. The normalized spacial score (nSPS) is 15.6. The molecule has 1 aromatic rings. The molecule has 0 fully saturated rings. The fourth-order valence-electron chi connectivity index (χ4n) is 2.04. The summed E-state index contributed by atoms with van der Waals surface area (Å²) >= 11 is 0. The van der Waals surface area contributed by atoms with Gasteiger partial charge in [0.25, 0.3) is 0 Å². The van der Waals surface area contributed by atoms with E-state index in [4.69, 9.17) is 4.74 Å². The topological polar surface area (TPSA) is 58.6 Å². The van der Waals surface area contributed by atoms with E-state index in [1.165, 1.54) is 7.11 Å². The first-order chi connectivity index (χ1) is 9.01. The highest BCUT2D eigenvalue weighted by Crippen LogP contribution is 2.24. The van der Waals surface area contributed by atoms with Crippen molar-refractivity contribution in [2.24, 2.45) is 5.92 Å². The zero-order valence-electron chi connectivity index (χ0n) is 12.0. The molecular weight excluding hydrogens is 242 g/mol. The summed E-state index contributed by atoms with van der Waals surface area (Å²) in [7, 11) is 1.39. The van der Waals surface area contributed by atoms with Crippen LogP contribution in [0.3, 0.4) is 0 Å². The van der Waals surface area contributed by atoms with Crippen molar-refractivity contribution >= 4 is 5.97 Å². The molecule has 0 saturated carbocycles. The van der Waals surface area contributed by atoms with Gasteiger partial charge in [-0.15, -0.1) is 0 Å². The molecule has 0 spiro atoms. The van der Waals surface area contributed by atoms with E-state index in [0.29, 0.717) is 0 Å². The zero-order valence-corrected chi connectivity index (χ0v) is 12.0. The minimum absolute atomic E-state index is 0.126. The number of ether oxygens (including phenoxy) is 1. The number of benzene rings is 1. The Bertz CT molecular complexity index is 420. The van der Waals surface area contributed by atoms with E-state index in [9.17, 15) is 9.90 Å². The first-order valence-electron chi connectivity index (χ1n) is 6.63. The zero-order chi connectivity index (χ0) is 14.4. The summed E-state index contributed by atoms with van der Waals surface area (Å²) in [5, 5.41) is 13.1. The third kappa shape index (κ3) is 3.96. The van der Waals surface area contributed by atoms with E-state index >= 15 is 0 Å². The number of aromatic hydroxyl groups is 1. The lowest BCUT2D eigenvalue weighted by Gasteiger charge is -2.26. The van der Waals surface area contributed by atoms with Crippen LogP contribution in [0.5, 0.6) is 5.75 Å². The molecule has 0 bridgehead atoms. The number of carbonyl (C=O) groups excluding carboxylic acids is 1. The third-order valence-corrected chi connectivity index (χ3v) is 3.50. The Morgan fingerprint density at radius 3 is 2.53 bits per heavy atom. The molecule has 3 unspecified atom stereocenters. The molecule has 1 rings (SSSR count). The van der Waals surface area contributed by atoms with Crippen molar-refractivity contribution in [3.8, 4) is 5.75 Å². The van der Waals surface area contributed by atoms with E-state index < -0.39 is 0 Å². The molecular formula is C15H23NO3. The van der Waals surface area contributed by atoms with Gasteiger partial charge in [0.05, 0.1) is 7.11 Å². The molecule has 2 N–H and O–H groups in total. The van der Waals surface area contributed by atoms with Gasteiger partial charge in [-0.1, -0.05) is 38.5 Å². The predicted octanol–water partition coefficient (Wildman–Crippen LogP) is 2.63. The number of para-hydroxylation sites is 1. The number of methoxy groups -OCH3 is 1. The second kappa shape index (κ2) is 7.14. The molecule has 1 aromatic carbocycles. The lowest BCUT2D eigenvalue weighted by atomic mass is 9.97. The Hall–Kier alpha value is -1.55. The van der Waals surface area contributed by atoms with Crippen molar-refractivity contribution in [2.45, 2.75) is 39.3 Å².